The van der Waals surface area contributed by atoms with E-state index in [1.165, 1.54) is 0 Å². The second-order valence-electron chi connectivity index (χ2n) is 8.46. The number of rotatable bonds is 8. The highest BCUT2D eigenvalue weighted by atomic mass is 35.5. The lowest BCUT2D eigenvalue weighted by atomic mass is 10.0. The molecule has 0 spiro atoms. The fourth-order valence-electron chi connectivity index (χ4n) is 4.58. The van der Waals surface area contributed by atoms with Gasteiger partial charge >= 0.3 is 0 Å². The van der Waals surface area contributed by atoms with Crippen molar-refractivity contribution in [2.24, 2.45) is 17.8 Å². The number of nitrogens with zero attached hydrogens (tertiary/aromatic N) is 4. The molecule has 0 aromatic carbocycles. The lowest BCUT2D eigenvalue weighted by Crippen LogP contribution is -2.36. The van der Waals surface area contributed by atoms with Crippen LogP contribution in [0.25, 0.3) is 0 Å². The van der Waals surface area contributed by atoms with Crippen molar-refractivity contribution in [3.63, 3.8) is 0 Å². The van der Waals surface area contributed by atoms with E-state index in [0.717, 1.165) is 25.7 Å². The molecule has 12 heteroatoms. The van der Waals surface area contributed by atoms with E-state index in [4.69, 9.17) is 16.3 Å². The van der Waals surface area contributed by atoms with Crippen LogP contribution in [0, 0.1) is 23.6 Å². The van der Waals surface area contributed by atoms with E-state index < -0.39 is 11.7 Å². The Hall–Kier alpha value is -2.50. The number of hydroxylamine groups is 2. The van der Waals surface area contributed by atoms with Gasteiger partial charge in [0, 0.05) is 30.5 Å². The molecule has 1 aliphatic carbocycles. The fourth-order valence-corrected chi connectivity index (χ4v) is 4.74. The summed E-state index contributed by atoms with van der Waals surface area (Å²) in [5.74, 6) is -0.705. The molecule has 2 atom stereocenters. The molecular formula is C20H26ClFN6O4. The number of halogens is 2. The summed E-state index contributed by atoms with van der Waals surface area (Å²) < 4.78 is 20.6. The summed E-state index contributed by atoms with van der Waals surface area (Å²) in [6.45, 7) is 2.20. The fraction of sp³-hybridized carbons (Fsp3) is 0.600. The van der Waals surface area contributed by atoms with Gasteiger partial charge in [-0.15, -0.1) is 0 Å². The molecule has 1 aromatic heterocycles. The second kappa shape index (κ2) is 9.97. The second-order valence-corrected chi connectivity index (χ2v) is 8.80. The molecule has 3 N–H and O–H groups in total. The van der Waals surface area contributed by atoms with Crippen LogP contribution in [0.5, 0.6) is 0 Å². The average molecular weight is 469 g/mol. The van der Waals surface area contributed by atoms with Gasteiger partial charge in [0.15, 0.2) is 11.6 Å². The van der Waals surface area contributed by atoms with Gasteiger partial charge in [-0.1, -0.05) is 18.9 Å². The highest BCUT2D eigenvalue weighted by Gasteiger charge is 2.39. The predicted molar refractivity (Wildman–Crippen MR) is 113 cm³/mol. The van der Waals surface area contributed by atoms with Crippen molar-refractivity contribution in [3.05, 3.63) is 22.7 Å². The van der Waals surface area contributed by atoms with Crippen LogP contribution in [-0.4, -0.2) is 65.4 Å². The summed E-state index contributed by atoms with van der Waals surface area (Å²) in [4.78, 5) is 33.2. The monoisotopic (exact) mass is 468 g/mol. The normalized spacial score (nSPS) is 23.3. The number of allylic oxidation sites excluding steroid dienone is 1. The first-order valence-electron chi connectivity index (χ1n) is 10.7. The number of anilines is 2. The van der Waals surface area contributed by atoms with E-state index in [2.05, 4.69) is 20.8 Å². The van der Waals surface area contributed by atoms with Crippen LogP contribution in [-0.2, 0) is 14.3 Å². The van der Waals surface area contributed by atoms with Gasteiger partial charge in [-0.25, -0.2) is 5.06 Å². The number of carbonyl (C=O) groups excluding carboxylic acids is 2. The van der Waals surface area contributed by atoms with Gasteiger partial charge in [-0.2, -0.15) is 14.4 Å². The Kier molecular flexibility index (Phi) is 7.07. The molecule has 4 rings (SSSR count). The molecule has 0 unspecified atom stereocenters. The number of hydrazine groups is 1. The first-order valence-corrected chi connectivity index (χ1v) is 11.1. The molecule has 0 bridgehead atoms. The highest BCUT2D eigenvalue weighted by Crippen LogP contribution is 2.34. The number of hydrogen-bond donors (Lipinski definition) is 3. The van der Waals surface area contributed by atoms with Crippen molar-refractivity contribution < 1.29 is 23.9 Å². The summed E-state index contributed by atoms with van der Waals surface area (Å²) in [5.41, 5.74) is 5.05. The largest absolute Gasteiger partial charge is 0.381 e. The lowest BCUT2D eigenvalue weighted by Gasteiger charge is -2.20. The molecule has 3 aliphatic rings. The lowest BCUT2D eigenvalue weighted by molar-refractivity contribution is -0.148. The van der Waals surface area contributed by atoms with Crippen molar-refractivity contribution >= 4 is 35.6 Å². The molecule has 32 heavy (non-hydrogen) atoms. The number of carbonyl (C=O) groups is 2. The maximum Gasteiger partial charge on any atom is 0.267 e. The number of aromatic nitrogens is 2. The van der Waals surface area contributed by atoms with Crippen LogP contribution in [0.3, 0.4) is 0 Å². The van der Waals surface area contributed by atoms with Crippen molar-refractivity contribution in [1.82, 2.24) is 20.5 Å². The number of nitrogens with one attached hydrogen (secondary N) is 2. The Labute approximate surface area is 189 Å². The number of ether oxygens (including phenoxy) is 1. The van der Waals surface area contributed by atoms with Crippen LogP contribution in [0.1, 0.15) is 25.7 Å². The van der Waals surface area contributed by atoms with Crippen molar-refractivity contribution in [3.8, 4) is 0 Å². The van der Waals surface area contributed by atoms with Crippen molar-refractivity contribution in [2.75, 3.05) is 43.2 Å². The van der Waals surface area contributed by atoms with E-state index in [-0.39, 0.29) is 41.4 Å². The van der Waals surface area contributed by atoms with Crippen LogP contribution in [0.4, 0.5) is 16.0 Å². The van der Waals surface area contributed by atoms with E-state index >= 15 is 4.39 Å². The molecule has 1 saturated carbocycles. The minimum atomic E-state index is -0.728. The summed E-state index contributed by atoms with van der Waals surface area (Å²) in [6, 6.07) is 0. The molecule has 2 amide bonds. The zero-order chi connectivity index (χ0) is 22.7. The smallest absolute Gasteiger partial charge is 0.267 e. The Balaban J connectivity index is 1.46. The highest BCUT2D eigenvalue weighted by molar-refractivity contribution is 6.28. The van der Waals surface area contributed by atoms with Gasteiger partial charge in [0.05, 0.1) is 19.8 Å². The molecule has 2 saturated heterocycles. The quantitative estimate of drug-likeness (QED) is 0.173. The van der Waals surface area contributed by atoms with E-state index in [1.54, 1.807) is 6.08 Å². The Morgan fingerprint density at radius 3 is 2.62 bits per heavy atom. The average Bonchev–Trinajstić information content (AvgIpc) is 3.51. The molecular weight excluding hydrogens is 443 g/mol. The van der Waals surface area contributed by atoms with Crippen LogP contribution >= 0.6 is 11.6 Å². The first kappa shape index (κ1) is 22.7. The number of amides is 2. The molecule has 2 aliphatic heterocycles. The molecule has 3 fully saturated rings. The van der Waals surface area contributed by atoms with Gasteiger partial charge < -0.3 is 9.64 Å². The molecule has 3 heterocycles. The number of hydrogen-bond acceptors (Lipinski definition) is 8. The Bertz CT molecular complexity index is 885. The van der Waals surface area contributed by atoms with Gasteiger partial charge in [-0.3, -0.25) is 25.6 Å². The minimum absolute atomic E-state index is 0.0698. The topological polar surface area (TPSA) is 120 Å². The summed E-state index contributed by atoms with van der Waals surface area (Å²) in [5, 5.41) is 9.78. The molecule has 0 radical (unpaired) electrons. The first-order chi connectivity index (χ1) is 15.4. The Morgan fingerprint density at radius 1 is 1.28 bits per heavy atom. The zero-order valence-corrected chi connectivity index (χ0v) is 18.2. The molecule has 174 valence electrons. The predicted octanol–water partition coefficient (Wildman–Crippen LogP) is 1.76. The standard InChI is InChI=1S/C20H26ClFN6O4/c21-20-23-17(16(22)18(24-20)27-6-14-9-32-10-15(14)7-27)25-26-19(30)13(8-28(31)11-29)5-12-3-1-2-4-12/h5,11-12,14-15,31H,1-4,6-10H2,(H,26,30)(H,23,24,25)/b13-5-/t14-,15+. The third-order valence-electron chi connectivity index (χ3n) is 6.22. The van der Waals surface area contributed by atoms with E-state index in [9.17, 15) is 14.8 Å². The molecule has 1 aromatic rings. The minimum Gasteiger partial charge on any atom is -0.381 e. The van der Waals surface area contributed by atoms with Crippen LogP contribution < -0.4 is 15.8 Å². The van der Waals surface area contributed by atoms with Crippen molar-refractivity contribution in [2.45, 2.75) is 25.7 Å². The van der Waals surface area contributed by atoms with Gasteiger partial charge in [0.1, 0.15) is 0 Å². The van der Waals surface area contributed by atoms with E-state index in [1.807, 2.05) is 4.90 Å². The molecule has 10 nitrogen and oxygen atoms in total. The maximum atomic E-state index is 15.1. The number of fused-ring (bicyclic) bond motifs is 1. The maximum absolute atomic E-state index is 15.1. The summed E-state index contributed by atoms with van der Waals surface area (Å²) >= 11 is 6.02. The third kappa shape index (κ3) is 5.11. The Morgan fingerprint density at radius 2 is 1.97 bits per heavy atom. The van der Waals surface area contributed by atoms with Crippen LogP contribution in [0.15, 0.2) is 11.6 Å². The zero-order valence-electron chi connectivity index (χ0n) is 17.5. The van der Waals surface area contributed by atoms with Gasteiger partial charge in [-0.05, 0) is 30.4 Å². The van der Waals surface area contributed by atoms with Gasteiger partial charge in [0.25, 0.3) is 5.91 Å². The third-order valence-corrected chi connectivity index (χ3v) is 6.39. The summed E-state index contributed by atoms with van der Waals surface area (Å²) in [6.07, 6.45) is 5.94. The SMILES string of the molecule is O=CN(O)C/C(=C/C1CCCC1)C(=O)NNc1nc(Cl)nc(N2C[C@H]3COC[C@H]3C2)c1F. The summed E-state index contributed by atoms with van der Waals surface area (Å²) in [7, 11) is 0. The van der Waals surface area contributed by atoms with E-state index in [0.29, 0.717) is 43.2 Å². The van der Waals surface area contributed by atoms with Gasteiger partial charge in [0.2, 0.25) is 17.5 Å². The van der Waals surface area contributed by atoms with Crippen LogP contribution in [0.2, 0.25) is 5.28 Å². The van der Waals surface area contributed by atoms with Crippen molar-refractivity contribution in [1.29, 1.82) is 0 Å².